The smallest absolute Gasteiger partial charge is 0.327 e. The zero-order chi connectivity index (χ0) is 16.2. The van der Waals surface area contributed by atoms with Crippen molar-refractivity contribution in [3.8, 4) is 0 Å². The summed E-state index contributed by atoms with van der Waals surface area (Å²) in [4.78, 5) is 37.0. The minimum absolute atomic E-state index is 0.249. The lowest BCUT2D eigenvalue weighted by molar-refractivity contribution is -0.150. The molecule has 6 nitrogen and oxygen atoms in total. The number of carboxylic acids is 1. The number of carbonyl (C=O) groups is 3. The zero-order valence-electron chi connectivity index (χ0n) is 12.3. The van der Waals surface area contributed by atoms with Gasteiger partial charge in [0, 0.05) is 5.56 Å². The van der Waals surface area contributed by atoms with E-state index in [2.05, 4.69) is 0 Å². The average molecular weight is 292 g/mol. The summed E-state index contributed by atoms with van der Waals surface area (Å²) in [6, 6.07) is 5.87. The molecular weight excluding hydrogens is 272 g/mol. The first-order chi connectivity index (χ1) is 9.77. The Balaban J connectivity index is 3.29. The number of hydrogen-bond acceptors (Lipinski definition) is 4. The Morgan fingerprint density at radius 1 is 1.10 bits per heavy atom. The van der Waals surface area contributed by atoms with E-state index < -0.39 is 35.8 Å². The van der Waals surface area contributed by atoms with Crippen LogP contribution in [0, 0.1) is 5.92 Å². The summed E-state index contributed by atoms with van der Waals surface area (Å²) in [7, 11) is 0. The Morgan fingerprint density at radius 2 is 1.62 bits per heavy atom. The largest absolute Gasteiger partial charge is 0.480 e. The standard InChI is InChI=1S/C15H20N2O4/c1-9(2)12(15(20)21)17(13(18)10(3)16)14(19)11-7-5-4-6-8-11/h4-10,12H,16H2,1-3H3,(H,20,21). The van der Waals surface area contributed by atoms with Crippen molar-refractivity contribution < 1.29 is 19.5 Å². The van der Waals surface area contributed by atoms with E-state index in [9.17, 15) is 19.5 Å². The fraction of sp³-hybridized carbons (Fsp3) is 0.400. The van der Waals surface area contributed by atoms with Crippen LogP contribution in [0.2, 0.25) is 0 Å². The number of benzene rings is 1. The summed E-state index contributed by atoms with van der Waals surface area (Å²) in [5.74, 6) is -3.02. The van der Waals surface area contributed by atoms with Crippen LogP contribution >= 0.6 is 0 Å². The number of imide groups is 1. The van der Waals surface area contributed by atoms with Gasteiger partial charge in [-0.05, 0) is 25.0 Å². The van der Waals surface area contributed by atoms with Crippen molar-refractivity contribution in [2.45, 2.75) is 32.9 Å². The average Bonchev–Trinajstić information content (AvgIpc) is 2.43. The second-order valence-electron chi connectivity index (χ2n) is 5.20. The van der Waals surface area contributed by atoms with Crippen LogP contribution in [0.4, 0.5) is 0 Å². The van der Waals surface area contributed by atoms with Gasteiger partial charge >= 0.3 is 5.97 Å². The number of nitrogens with two attached hydrogens (primary N) is 1. The third-order valence-electron chi connectivity index (χ3n) is 3.03. The first kappa shape index (κ1) is 16.8. The van der Waals surface area contributed by atoms with Gasteiger partial charge in [-0.25, -0.2) is 4.79 Å². The molecule has 3 N–H and O–H groups in total. The third kappa shape index (κ3) is 3.88. The highest BCUT2D eigenvalue weighted by molar-refractivity contribution is 6.08. The van der Waals surface area contributed by atoms with Crippen molar-refractivity contribution in [2.24, 2.45) is 11.7 Å². The first-order valence-corrected chi connectivity index (χ1v) is 6.68. The van der Waals surface area contributed by atoms with Crippen LogP contribution in [0.3, 0.4) is 0 Å². The van der Waals surface area contributed by atoms with Crippen molar-refractivity contribution in [3.63, 3.8) is 0 Å². The molecular formula is C15H20N2O4. The molecule has 1 aromatic carbocycles. The number of amides is 2. The molecule has 0 aromatic heterocycles. The maximum atomic E-state index is 12.5. The Morgan fingerprint density at radius 3 is 2.00 bits per heavy atom. The van der Waals surface area contributed by atoms with E-state index in [-0.39, 0.29) is 5.56 Å². The highest BCUT2D eigenvalue weighted by Crippen LogP contribution is 2.17. The molecule has 1 rings (SSSR count). The van der Waals surface area contributed by atoms with Crippen LogP contribution in [-0.2, 0) is 9.59 Å². The predicted octanol–water partition coefficient (Wildman–Crippen LogP) is 1.11. The molecule has 0 spiro atoms. The number of hydrogen-bond donors (Lipinski definition) is 2. The molecule has 2 unspecified atom stereocenters. The van der Waals surface area contributed by atoms with Gasteiger partial charge in [-0.3, -0.25) is 14.5 Å². The second-order valence-corrected chi connectivity index (χ2v) is 5.20. The van der Waals surface area contributed by atoms with Gasteiger partial charge in [-0.15, -0.1) is 0 Å². The van der Waals surface area contributed by atoms with Crippen LogP contribution in [-0.4, -0.2) is 39.9 Å². The van der Waals surface area contributed by atoms with Crippen LogP contribution in [0.5, 0.6) is 0 Å². The molecule has 114 valence electrons. The molecule has 0 aliphatic heterocycles. The van der Waals surface area contributed by atoms with Crippen molar-refractivity contribution >= 4 is 17.8 Å². The molecule has 6 heteroatoms. The first-order valence-electron chi connectivity index (χ1n) is 6.68. The van der Waals surface area contributed by atoms with Crippen LogP contribution in [0.25, 0.3) is 0 Å². The molecule has 0 saturated carbocycles. The molecule has 1 aromatic rings. The molecule has 0 fully saturated rings. The molecule has 0 aliphatic rings. The predicted molar refractivity (Wildman–Crippen MR) is 77.5 cm³/mol. The number of rotatable bonds is 5. The number of carboxylic acid groups (broad SMARTS) is 1. The maximum absolute atomic E-state index is 12.5. The van der Waals surface area contributed by atoms with E-state index >= 15 is 0 Å². The number of carbonyl (C=O) groups excluding carboxylic acids is 2. The summed E-state index contributed by atoms with van der Waals surface area (Å²) >= 11 is 0. The number of nitrogens with zero attached hydrogens (tertiary/aromatic N) is 1. The highest BCUT2D eigenvalue weighted by atomic mass is 16.4. The quantitative estimate of drug-likeness (QED) is 0.846. The van der Waals surface area contributed by atoms with Crippen molar-refractivity contribution in [1.82, 2.24) is 4.90 Å². The molecule has 0 saturated heterocycles. The van der Waals surface area contributed by atoms with Gasteiger partial charge in [0.15, 0.2) is 0 Å². The monoisotopic (exact) mass is 292 g/mol. The molecule has 0 radical (unpaired) electrons. The molecule has 2 atom stereocenters. The van der Waals surface area contributed by atoms with Gasteiger partial charge in [0.1, 0.15) is 6.04 Å². The minimum atomic E-state index is -1.25. The van der Waals surface area contributed by atoms with Crippen molar-refractivity contribution in [3.05, 3.63) is 35.9 Å². The van der Waals surface area contributed by atoms with Crippen LogP contribution in [0.15, 0.2) is 30.3 Å². The van der Waals surface area contributed by atoms with Gasteiger partial charge in [-0.1, -0.05) is 32.0 Å². The van der Waals surface area contributed by atoms with Crippen molar-refractivity contribution in [1.29, 1.82) is 0 Å². The molecule has 0 heterocycles. The minimum Gasteiger partial charge on any atom is -0.480 e. The topological polar surface area (TPSA) is 101 Å². The lowest BCUT2D eigenvalue weighted by Gasteiger charge is -2.31. The molecule has 0 aliphatic carbocycles. The Labute approximate surface area is 123 Å². The van der Waals surface area contributed by atoms with E-state index in [0.29, 0.717) is 0 Å². The fourth-order valence-electron chi connectivity index (χ4n) is 2.00. The lowest BCUT2D eigenvalue weighted by Crippen LogP contribution is -2.55. The van der Waals surface area contributed by atoms with E-state index in [1.54, 1.807) is 32.0 Å². The van der Waals surface area contributed by atoms with Crippen LogP contribution in [0.1, 0.15) is 31.1 Å². The molecule has 0 bridgehead atoms. The molecule has 2 amide bonds. The van der Waals surface area contributed by atoms with Gasteiger partial charge in [-0.2, -0.15) is 0 Å². The van der Waals surface area contributed by atoms with E-state index in [1.807, 2.05) is 0 Å². The van der Waals surface area contributed by atoms with Gasteiger partial charge in [0.25, 0.3) is 5.91 Å². The summed E-state index contributed by atoms with van der Waals surface area (Å²) in [5.41, 5.74) is 5.80. The highest BCUT2D eigenvalue weighted by Gasteiger charge is 2.38. The maximum Gasteiger partial charge on any atom is 0.327 e. The Bertz CT molecular complexity index is 526. The van der Waals surface area contributed by atoms with E-state index in [1.165, 1.54) is 19.1 Å². The fourth-order valence-corrected chi connectivity index (χ4v) is 2.00. The summed E-state index contributed by atoms with van der Waals surface area (Å²) in [6.45, 7) is 4.70. The molecule has 21 heavy (non-hydrogen) atoms. The second kappa shape index (κ2) is 6.99. The third-order valence-corrected chi connectivity index (χ3v) is 3.03. The summed E-state index contributed by atoms with van der Waals surface area (Å²) in [5, 5.41) is 9.35. The van der Waals surface area contributed by atoms with Crippen LogP contribution < -0.4 is 5.73 Å². The van der Waals surface area contributed by atoms with E-state index in [4.69, 9.17) is 5.73 Å². The van der Waals surface area contributed by atoms with Gasteiger partial charge in [0.05, 0.1) is 6.04 Å². The SMILES string of the molecule is CC(N)C(=O)N(C(=O)c1ccccc1)C(C(=O)O)C(C)C. The summed E-state index contributed by atoms with van der Waals surface area (Å²) < 4.78 is 0. The lowest BCUT2D eigenvalue weighted by atomic mass is 10.0. The van der Waals surface area contributed by atoms with Gasteiger partial charge < -0.3 is 10.8 Å². The van der Waals surface area contributed by atoms with E-state index in [0.717, 1.165) is 4.90 Å². The normalized spacial score (nSPS) is 13.6. The summed E-state index contributed by atoms with van der Waals surface area (Å²) in [6.07, 6.45) is 0. The van der Waals surface area contributed by atoms with Gasteiger partial charge in [0.2, 0.25) is 5.91 Å². The van der Waals surface area contributed by atoms with Crippen molar-refractivity contribution in [2.75, 3.05) is 0 Å². The Hall–Kier alpha value is -2.21. The number of aliphatic carboxylic acids is 1. The Kier molecular flexibility index (Phi) is 5.60. The zero-order valence-corrected chi connectivity index (χ0v) is 12.3.